The van der Waals surface area contributed by atoms with Gasteiger partial charge in [-0.15, -0.1) is 6.42 Å². The van der Waals surface area contributed by atoms with E-state index in [-0.39, 0.29) is 5.54 Å². The molecule has 0 atom stereocenters. The highest BCUT2D eigenvalue weighted by molar-refractivity contribution is 8.67. The average Bonchev–Trinajstić information content (AvgIpc) is 2.50. The van der Waals surface area contributed by atoms with E-state index in [0.717, 1.165) is 12.8 Å². The maximum Gasteiger partial charge on any atom is 0.0898 e. The monoisotopic (exact) mass is 145 g/mol. The van der Waals surface area contributed by atoms with Crippen LogP contribution >= 0.6 is 22.6 Å². The molecule has 1 aliphatic rings. The van der Waals surface area contributed by atoms with E-state index in [1.807, 2.05) is 0 Å². The summed E-state index contributed by atoms with van der Waals surface area (Å²) in [6, 6.07) is 0. The van der Waals surface area contributed by atoms with Crippen LogP contribution < -0.4 is 4.72 Å². The molecule has 1 fully saturated rings. The van der Waals surface area contributed by atoms with E-state index in [9.17, 15) is 0 Å². The molecule has 0 heterocycles. The first-order valence-corrected chi connectivity index (χ1v) is 4.25. The van der Waals surface area contributed by atoms with Crippen molar-refractivity contribution in [2.75, 3.05) is 0 Å². The standard InChI is InChI=1S/C5H7NS2/c1-2-5(3-4-5)6-8-7/h1,6-7H,3-4H2. The lowest BCUT2D eigenvalue weighted by atomic mass is 10.3. The normalized spacial score (nSPS) is 22.0. The molecule has 0 aromatic heterocycles. The third kappa shape index (κ3) is 1.13. The van der Waals surface area contributed by atoms with Crippen molar-refractivity contribution in [3.8, 4) is 12.3 Å². The molecule has 0 amide bonds. The zero-order chi connectivity index (χ0) is 6.04. The van der Waals surface area contributed by atoms with Crippen LogP contribution in [-0.4, -0.2) is 5.54 Å². The highest BCUT2D eigenvalue weighted by Gasteiger charge is 2.40. The average molecular weight is 145 g/mol. The molecule has 3 heteroatoms. The first-order chi connectivity index (χ1) is 3.83. The van der Waals surface area contributed by atoms with Gasteiger partial charge in [0.25, 0.3) is 0 Å². The fourth-order valence-electron chi connectivity index (χ4n) is 0.488. The number of thiol groups is 1. The summed E-state index contributed by atoms with van der Waals surface area (Å²) in [4.78, 5) is 0. The van der Waals surface area contributed by atoms with Gasteiger partial charge in [-0.1, -0.05) is 17.6 Å². The molecule has 1 aliphatic carbocycles. The van der Waals surface area contributed by atoms with Gasteiger partial charge in [0, 0.05) is 0 Å². The van der Waals surface area contributed by atoms with Crippen LogP contribution in [0.2, 0.25) is 0 Å². The van der Waals surface area contributed by atoms with Crippen molar-refractivity contribution in [3.05, 3.63) is 0 Å². The third-order valence-electron chi connectivity index (χ3n) is 1.27. The Labute approximate surface area is 58.6 Å². The topological polar surface area (TPSA) is 12.0 Å². The quantitative estimate of drug-likeness (QED) is 0.262. The first-order valence-electron chi connectivity index (χ1n) is 2.38. The van der Waals surface area contributed by atoms with Gasteiger partial charge in [0.15, 0.2) is 0 Å². The summed E-state index contributed by atoms with van der Waals surface area (Å²) >= 11 is 3.92. The second-order valence-corrected chi connectivity index (χ2v) is 2.85. The van der Waals surface area contributed by atoms with E-state index in [1.165, 1.54) is 11.0 Å². The van der Waals surface area contributed by atoms with E-state index in [1.54, 1.807) is 0 Å². The van der Waals surface area contributed by atoms with Gasteiger partial charge in [0.05, 0.1) is 5.54 Å². The molecule has 1 saturated carbocycles. The van der Waals surface area contributed by atoms with Crippen molar-refractivity contribution in [1.82, 2.24) is 4.72 Å². The van der Waals surface area contributed by atoms with Gasteiger partial charge < -0.3 is 0 Å². The molecule has 1 nitrogen and oxygen atoms in total. The van der Waals surface area contributed by atoms with Crippen LogP contribution in [0.25, 0.3) is 0 Å². The SMILES string of the molecule is C#CC1(NSS)CC1. The van der Waals surface area contributed by atoms with Gasteiger partial charge in [-0.25, -0.2) is 4.72 Å². The zero-order valence-electron chi connectivity index (χ0n) is 4.35. The van der Waals surface area contributed by atoms with Crippen molar-refractivity contribution in [1.29, 1.82) is 0 Å². The molecule has 0 saturated heterocycles. The van der Waals surface area contributed by atoms with Gasteiger partial charge in [0.1, 0.15) is 0 Å². The molecule has 1 N–H and O–H groups in total. The van der Waals surface area contributed by atoms with E-state index in [0.29, 0.717) is 0 Å². The van der Waals surface area contributed by atoms with E-state index < -0.39 is 0 Å². The molecule has 1 rings (SSSR count). The Morgan fingerprint density at radius 2 is 2.38 bits per heavy atom. The lowest BCUT2D eigenvalue weighted by molar-refractivity contribution is 0.819. The lowest BCUT2D eigenvalue weighted by Gasteiger charge is -2.03. The summed E-state index contributed by atoms with van der Waals surface area (Å²) in [5.74, 6) is 2.67. The summed E-state index contributed by atoms with van der Waals surface area (Å²) in [7, 11) is 1.30. The molecule has 0 aromatic carbocycles. The smallest absolute Gasteiger partial charge is 0.0898 e. The summed E-state index contributed by atoms with van der Waals surface area (Å²) in [6.07, 6.45) is 7.38. The Morgan fingerprint density at radius 1 is 1.75 bits per heavy atom. The molecular weight excluding hydrogens is 138 g/mol. The maximum atomic E-state index is 5.20. The molecule has 0 aliphatic heterocycles. The fraction of sp³-hybridized carbons (Fsp3) is 0.600. The van der Waals surface area contributed by atoms with Crippen LogP contribution in [0.15, 0.2) is 0 Å². The molecule has 0 radical (unpaired) electrons. The van der Waals surface area contributed by atoms with Crippen LogP contribution in [0.5, 0.6) is 0 Å². The number of hydrogen-bond donors (Lipinski definition) is 2. The van der Waals surface area contributed by atoms with Gasteiger partial charge in [-0.2, -0.15) is 0 Å². The number of rotatable bonds is 2. The zero-order valence-corrected chi connectivity index (χ0v) is 6.06. The Kier molecular flexibility index (Phi) is 1.76. The second-order valence-electron chi connectivity index (χ2n) is 1.92. The van der Waals surface area contributed by atoms with E-state index >= 15 is 0 Å². The predicted molar refractivity (Wildman–Crippen MR) is 40.5 cm³/mol. The predicted octanol–water partition coefficient (Wildman–Crippen LogP) is 1.23. The van der Waals surface area contributed by atoms with Crippen molar-refractivity contribution in [2.24, 2.45) is 0 Å². The van der Waals surface area contributed by atoms with E-state index in [4.69, 9.17) is 6.42 Å². The molecule has 8 heavy (non-hydrogen) atoms. The Balaban J connectivity index is 2.33. The number of hydrogen-bond acceptors (Lipinski definition) is 3. The van der Waals surface area contributed by atoms with Crippen LogP contribution in [0.3, 0.4) is 0 Å². The largest absolute Gasteiger partial charge is 0.237 e. The van der Waals surface area contributed by atoms with Crippen molar-refractivity contribution in [3.63, 3.8) is 0 Å². The fourth-order valence-corrected chi connectivity index (χ4v) is 1.45. The van der Waals surface area contributed by atoms with E-state index in [2.05, 4.69) is 22.3 Å². The molecule has 0 unspecified atom stereocenters. The molecule has 0 spiro atoms. The highest BCUT2D eigenvalue weighted by Crippen LogP contribution is 2.36. The Hall–Kier alpha value is 0.220. The van der Waals surface area contributed by atoms with Crippen molar-refractivity contribution in [2.45, 2.75) is 18.4 Å². The van der Waals surface area contributed by atoms with Gasteiger partial charge in [0.2, 0.25) is 0 Å². The minimum Gasteiger partial charge on any atom is -0.237 e. The number of nitrogens with one attached hydrogen (secondary N) is 1. The van der Waals surface area contributed by atoms with Gasteiger partial charge in [-0.05, 0) is 23.8 Å². The van der Waals surface area contributed by atoms with Crippen LogP contribution in [-0.2, 0) is 0 Å². The summed E-state index contributed by atoms with van der Waals surface area (Å²) < 4.78 is 3.03. The first kappa shape index (κ1) is 6.34. The van der Waals surface area contributed by atoms with Gasteiger partial charge >= 0.3 is 0 Å². The maximum absolute atomic E-state index is 5.20. The second kappa shape index (κ2) is 2.22. The lowest BCUT2D eigenvalue weighted by Crippen LogP contribution is -2.20. The summed E-state index contributed by atoms with van der Waals surface area (Å²) in [6.45, 7) is 0. The summed E-state index contributed by atoms with van der Waals surface area (Å²) in [5.41, 5.74) is 0.00637. The third-order valence-corrected chi connectivity index (χ3v) is 2.02. The van der Waals surface area contributed by atoms with Crippen LogP contribution in [0.4, 0.5) is 0 Å². The summed E-state index contributed by atoms with van der Waals surface area (Å²) in [5, 5.41) is 0. The Morgan fingerprint density at radius 3 is 2.50 bits per heavy atom. The molecule has 0 bridgehead atoms. The van der Waals surface area contributed by atoms with Crippen LogP contribution in [0, 0.1) is 12.3 Å². The van der Waals surface area contributed by atoms with Crippen LogP contribution in [0.1, 0.15) is 12.8 Å². The molecule has 44 valence electrons. The Bertz CT molecular complexity index is 123. The molecular formula is C5H7NS2. The minimum absolute atomic E-state index is 0.00637. The van der Waals surface area contributed by atoms with Crippen molar-refractivity contribution >= 4 is 22.6 Å². The molecule has 0 aromatic rings. The van der Waals surface area contributed by atoms with Crippen molar-refractivity contribution < 1.29 is 0 Å². The van der Waals surface area contributed by atoms with Gasteiger partial charge in [-0.3, -0.25) is 0 Å². The highest BCUT2D eigenvalue weighted by atomic mass is 33.1. The number of terminal acetylenes is 1. The minimum atomic E-state index is 0.00637.